The van der Waals surface area contributed by atoms with Crippen LogP contribution in [0.1, 0.15) is 66.5 Å². The van der Waals surface area contributed by atoms with Crippen LogP contribution in [0.2, 0.25) is 0 Å². The Hall–Kier alpha value is -2.46. The highest BCUT2D eigenvalue weighted by Gasteiger charge is 2.34. The summed E-state index contributed by atoms with van der Waals surface area (Å²) in [5.74, 6) is 0.106. The Bertz CT molecular complexity index is 947. The number of likely N-dealkylation sites (tertiary alicyclic amines) is 1. The van der Waals surface area contributed by atoms with Gasteiger partial charge in [0.1, 0.15) is 0 Å². The second kappa shape index (κ2) is 8.73. The van der Waals surface area contributed by atoms with Gasteiger partial charge >= 0.3 is 0 Å². The van der Waals surface area contributed by atoms with Crippen LogP contribution in [0.4, 0.5) is 0 Å². The fourth-order valence-corrected chi connectivity index (χ4v) is 4.73. The molecule has 0 unspecified atom stereocenters. The number of carbonyl (C=O) groups excluding carboxylic acids is 1. The monoisotopic (exact) mass is 403 g/mol. The number of benzene rings is 2. The summed E-state index contributed by atoms with van der Waals surface area (Å²) in [5.41, 5.74) is 7.02. The predicted octanol–water partition coefficient (Wildman–Crippen LogP) is 5.16. The lowest BCUT2D eigenvalue weighted by Crippen LogP contribution is -2.44. The third kappa shape index (κ3) is 4.34. The smallest absolute Gasteiger partial charge is 0.257 e. The highest BCUT2D eigenvalue weighted by Crippen LogP contribution is 2.34. The van der Waals surface area contributed by atoms with E-state index in [9.17, 15) is 4.79 Å². The predicted molar refractivity (Wildman–Crippen MR) is 123 cm³/mol. The van der Waals surface area contributed by atoms with Gasteiger partial charge < -0.3 is 0 Å². The van der Waals surface area contributed by atoms with E-state index in [1.54, 1.807) is 5.01 Å². The average molecular weight is 404 g/mol. The van der Waals surface area contributed by atoms with Crippen LogP contribution < -0.4 is 0 Å². The second-order valence-electron chi connectivity index (χ2n) is 9.05. The fraction of sp³-hybridized carbons (Fsp3) is 0.462. The molecule has 4 rings (SSSR count). The normalized spacial score (nSPS) is 22.3. The summed E-state index contributed by atoms with van der Waals surface area (Å²) in [5, 5.41) is 6.66. The summed E-state index contributed by atoms with van der Waals surface area (Å²) in [4.78, 5) is 15.7. The Balaban J connectivity index is 1.63. The van der Waals surface area contributed by atoms with E-state index in [2.05, 4.69) is 75.1 Å². The fourth-order valence-electron chi connectivity index (χ4n) is 4.73. The van der Waals surface area contributed by atoms with E-state index in [4.69, 9.17) is 5.10 Å². The number of hydrogen-bond acceptors (Lipinski definition) is 3. The highest BCUT2D eigenvalue weighted by atomic mass is 16.2. The van der Waals surface area contributed by atoms with Gasteiger partial charge in [-0.05, 0) is 58.2 Å². The number of carbonyl (C=O) groups is 1. The van der Waals surface area contributed by atoms with Gasteiger partial charge in [-0.1, -0.05) is 60.0 Å². The molecule has 2 heterocycles. The van der Waals surface area contributed by atoms with Crippen LogP contribution in [-0.4, -0.2) is 40.7 Å². The molecule has 0 bridgehead atoms. The van der Waals surface area contributed by atoms with Gasteiger partial charge in [-0.2, -0.15) is 5.10 Å². The minimum atomic E-state index is -0.0334. The summed E-state index contributed by atoms with van der Waals surface area (Å²) in [7, 11) is 0. The van der Waals surface area contributed by atoms with Gasteiger partial charge in [0.2, 0.25) is 0 Å². The summed E-state index contributed by atoms with van der Waals surface area (Å²) in [6.07, 6.45) is 4.37. The first-order valence-corrected chi connectivity index (χ1v) is 11.2. The van der Waals surface area contributed by atoms with Crippen molar-refractivity contribution < 1.29 is 4.79 Å². The largest absolute Gasteiger partial charge is 0.292 e. The first kappa shape index (κ1) is 20.8. The van der Waals surface area contributed by atoms with Crippen LogP contribution in [0.25, 0.3) is 0 Å². The third-order valence-electron chi connectivity index (χ3n) is 6.60. The maximum Gasteiger partial charge on any atom is 0.257 e. The topological polar surface area (TPSA) is 35.9 Å². The average Bonchev–Trinajstić information content (AvgIpc) is 3.15. The van der Waals surface area contributed by atoms with Crippen molar-refractivity contribution in [2.24, 2.45) is 5.10 Å². The first-order valence-electron chi connectivity index (χ1n) is 11.2. The van der Waals surface area contributed by atoms with Crippen molar-refractivity contribution >= 4 is 11.6 Å². The zero-order valence-electron chi connectivity index (χ0n) is 18.7. The molecule has 2 aliphatic heterocycles. The van der Waals surface area contributed by atoms with E-state index in [0.717, 1.165) is 29.8 Å². The van der Waals surface area contributed by atoms with Crippen molar-refractivity contribution in [2.45, 2.75) is 65.5 Å². The molecule has 2 atom stereocenters. The van der Waals surface area contributed by atoms with Crippen LogP contribution in [-0.2, 0) is 4.79 Å². The van der Waals surface area contributed by atoms with E-state index in [1.807, 2.05) is 0 Å². The molecule has 1 saturated heterocycles. The maximum atomic E-state index is 13.4. The molecule has 0 spiro atoms. The third-order valence-corrected chi connectivity index (χ3v) is 6.60. The lowest BCUT2D eigenvalue weighted by atomic mass is 9.95. The summed E-state index contributed by atoms with van der Waals surface area (Å²) in [6, 6.07) is 15.4. The van der Waals surface area contributed by atoms with Crippen molar-refractivity contribution in [3.8, 4) is 0 Å². The minimum absolute atomic E-state index is 0.0334. The Morgan fingerprint density at radius 2 is 1.77 bits per heavy atom. The quantitative estimate of drug-likeness (QED) is 0.706. The molecule has 2 aromatic rings. The standard InChI is InChI=1S/C26H33N3O/c1-18-8-11-22(12-9-18)25-16-24(23-13-10-19(2)15-20(23)3)27-29(25)26(30)17-28-14-6-5-7-21(28)4/h8-13,15,21,25H,5-7,14,16-17H2,1-4H3/t21-,25-/m0/s1. The molecule has 30 heavy (non-hydrogen) atoms. The highest BCUT2D eigenvalue weighted by molar-refractivity contribution is 6.04. The molecule has 4 heteroatoms. The van der Waals surface area contributed by atoms with Crippen LogP contribution >= 0.6 is 0 Å². The number of rotatable bonds is 4. The minimum Gasteiger partial charge on any atom is -0.292 e. The van der Waals surface area contributed by atoms with Crippen LogP contribution in [0.15, 0.2) is 47.6 Å². The van der Waals surface area contributed by atoms with Crippen LogP contribution in [0, 0.1) is 20.8 Å². The van der Waals surface area contributed by atoms with Gasteiger partial charge in [-0.3, -0.25) is 9.69 Å². The Kier molecular flexibility index (Phi) is 6.05. The molecular formula is C26H33N3O. The molecule has 1 amide bonds. The van der Waals surface area contributed by atoms with Gasteiger partial charge in [0.05, 0.1) is 18.3 Å². The van der Waals surface area contributed by atoms with E-state index in [1.165, 1.54) is 36.0 Å². The second-order valence-corrected chi connectivity index (χ2v) is 9.05. The van der Waals surface area contributed by atoms with Crippen LogP contribution in [0.5, 0.6) is 0 Å². The zero-order valence-corrected chi connectivity index (χ0v) is 18.7. The Labute approximate surface area is 180 Å². The first-order chi connectivity index (χ1) is 14.4. The lowest BCUT2D eigenvalue weighted by molar-refractivity contribution is -0.135. The number of aryl methyl sites for hydroxylation is 3. The van der Waals surface area contributed by atoms with E-state index in [-0.39, 0.29) is 11.9 Å². The van der Waals surface area contributed by atoms with E-state index < -0.39 is 0 Å². The number of nitrogens with zero attached hydrogens (tertiary/aromatic N) is 3. The van der Waals surface area contributed by atoms with Gasteiger partial charge in [0.25, 0.3) is 5.91 Å². The molecule has 0 N–H and O–H groups in total. The van der Waals surface area contributed by atoms with Gasteiger partial charge in [-0.15, -0.1) is 0 Å². The van der Waals surface area contributed by atoms with Crippen molar-refractivity contribution in [1.29, 1.82) is 0 Å². The van der Waals surface area contributed by atoms with Crippen molar-refractivity contribution in [1.82, 2.24) is 9.91 Å². The van der Waals surface area contributed by atoms with Gasteiger partial charge in [0, 0.05) is 18.0 Å². The molecule has 4 nitrogen and oxygen atoms in total. The Morgan fingerprint density at radius 3 is 2.47 bits per heavy atom. The molecule has 0 aromatic heterocycles. The van der Waals surface area contributed by atoms with Gasteiger partial charge in [0.15, 0.2) is 0 Å². The number of piperidine rings is 1. The molecule has 2 aliphatic rings. The summed E-state index contributed by atoms with van der Waals surface area (Å²) >= 11 is 0. The van der Waals surface area contributed by atoms with Gasteiger partial charge in [-0.25, -0.2) is 5.01 Å². The molecule has 0 radical (unpaired) electrons. The van der Waals surface area contributed by atoms with E-state index in [0.29, 0.717) is 12.6 Å². The lowest BCUT2D eigenvalue weighted by Gasteiger charge is -2.34. The SMILES string of the molecule is Cc1ccc([C@@H]2CC(c3ccc(C)cc3C)=NN2C(=O)CN2CCCC[C@@H]2C)cc1. The van der Waals surface area contributed by atoms with Crippen molar-refractivity contribution in [3.63, 3.8) is 0 Å². The summed E-state index contributed by atoms with van der Waals surface area (Å²) < 4.78 is 0. The molecule has 0 saturated carbocycles. The molecule has 2 aromatic carbocycles. The summed E-state index contributed by atoms with van der Waals surface area (Å²) in [6.45, 7) is 10.0. The molecule has 1 fully saturated rings. The molecule has 0 aliphatic carbocycles. The molecule has 158 valence electrons. The van der Waals surface area contributed by atoms with Crippen molar-refractivity contribution in [3.05, 3.63) is 70.3 Å². The van der Waals surface area contributed by atoms with Crippen molar-refractivity contribution in [2.75, 3.05) is 13.1 Å². The van der Waals surface area contributed by atoms with Crippen LogP contribution in [0.3, 0.4) is 0 Å². The maximum absolute atomic E-state index is 13.4. The number of hydrogen-bond donors (Lipinski definition) is 0. The van der Waals surface area contributed by atoms with E-state index >= 15 is 0 Å². The molecular weight excluding hydrogens is 370 g/mol. The number of amides is 1. The number of hydrazone groups is 1. The Morgan fingerprint density at radius 1 is 1.03 bits per heavy atom. The zero-order chi connectivity index (χ0) is 21.3.